The summed E-state index contributed by atoms with van der Waals surface area (Å²) in [7, 11) is 0. The minimum absolute atomic E-state index is 0.0391. The molecule has 0 heterocycles. The van der Waals surface area contributed by atoms with E-state index in [1.807, 2.05) is 6.07 Å². The van der Waals surface area contributed by atoms with Crippen LogP contribution in [0.3, 0.4) is 0 Å². The summed E-state index contributed by atoms with van der Waals surface area (Å²) in [5.41, 5.74) is 0.630. The Balaban J connectivity index is 2.01. The number of carboxylic acid groups (broad SMARTS) is 1. The van der Waals surface area contributed by atoms with Gasteiger partial charge in [0.2, 0.25) is 5.91 Å². The smallest absolute Gasteiger partial charge is 0.312 e. The Morgan fingerprint density at radius 1 is 1.14 bits per heavy atom. The first kappa shape index (κ1) is 15.5. The second-order valence-electron chi connectivity index (χ2n) is 6.92. The molecule has 2 N–H and O–H groups in total. The Bertz CT molecular complexity index is 534. The number of carbonyl (C=O) groups is 2. The van der Waals surface area contributed by atoms with Crippen molar-refractivity contribution in [1.29, 1.82) is 0 Å². The minimum atomic E-state index is -0.921. The molecule has 1 aromatic rings. The highest BCUT2D eigenvalue weighted by atomic mass is 16.4. The van der Waals surface area contributed by atoms with Crippen molar-refractivity contribution in [2.24, 2.45) is 16.7 Å². The number of carbonyl (C=O) groups excluding carboxylic acids is 1. The van der Waals surface area contributed by atoms with Gasteiger partial charge in [-0.1, -0.05) is 58.0 Å². The Morgan fingerprint density at radius 2 is 1.67 bits per heavy atom. The van der Waals surface area contributed by atoms with Gasteiger partial charge in [-0.3, -0.25) is 9.59 Å². The molecule has 0 bridgehead atoms. The standard InChI is InChI=1S/C17H23NO3/c1-16(2)13(17(16,3)4)14(19)18-10-12(15(20)21)11-8-6-5-7-9-11/h5-9,12-13H,10H2,1-4H3,(H,18,19)(H,20,21). The highest BCUT2D eigenvalue weighted by Gasteiger charge is 2.68. The fraction of sp³-hybridized carbons (Fsp3) is 0.529. The normalized spacial score (nSPS) is 20.6. The van der Waals surface area contributed by atoms with Crippen LogP contribution in [0.1, 0.15) is 39.2 Å². The van der Waals surface area contributed by atoms with Gasteiger partial charge in [0.05, 0.1) is 5.92 Å². The molecule has 21 heavy (non-hydrogen) atoms. The number of carboxylic acids is 1. The first-order valence-electron chi connectivity index (χ1n) is 7.25. The van der Waals surface area contributed by atoms with Crippen molar-refractivity contribution in [3.05, 3.63) is 35.9 Å². The average Bonchev–Trinajstić information content (AvgIpc) is 2.80. The molecular formula is C17H23NO3. The molecule has 1 aliphatic carbocycles. The van der Waals surface area contributed by atoms with Crippen LogP contribution in [0, 0.1) is 16.7 Å². The molecule has 1 unspecified atom stereocenters. The molecule has 0 aromatic heterocycles. The third-order valence-corrected chi connectivity index (χ3v) is 5.26. The number of benzene rings is 1. The van der Waals surface area contributed by atoms with E-state index in [1.54, 1.807) is 24.3 Å². The van der Waals surface area contributed by atoms with Crippen LogP contribution >= 0.6 is 0 Å². The van der Waals surface area contributed by atoms with Crippen molar-refractivity contribution in [2.45, 2.75) is 33.6 Å². The van der Waals surface area contributed by atoms with Crippen molar-refractivity contribution in [3.63, 3.8) is 0 Å². The Morgan fingerprint density at radius 3 is 2.10 bits per heavy atom. The van der Waals surface area contributed by atoms with Crippen LogP contribution in [0.5, 0.6) is 0 Å². The van der Waals surface area contributed by atoms with E-state index in [0.29, 0.717) is 5.56 Å². The van der Waals surface area contributed by atoms with E-state index < -0.39 is 11.9 Å². The largest absolute Gasteiger partial charge is 0.481 e. The van der Waals surface area contributed by atoms with Gasteiger partial charge < -0.3 is 10.4 Å². The molecule has 114 valence electrons. The molecule has 1 aromatic carbocycles. The summed E-state index contributed by atoms with van der Waals surface area (Å²) in [5.74, 6) is -1.74. The summed E-state index contributed by atoms with van der Waals surface area (Å²) in [5, 5.41) is 12.2. The molecule has 1 fully saturated rings. The van der Waals surface area contributed by atoms with Crippen LogP contribution < -0.4 is 5.32 Å². The number of hydrogen-bond donors (Lipinski definition) is 2. The summed E-state index contributed by atoms with van der Waals surface area (Å²) < 4.78 is 0. The summed E-state index contributed by atoms with van der Waals surface area (Å²) in [4.78, 5) is 23.7. The lowest BCUT2D eigenvalue weighted by atomic mass is 9.99. The van der Waals surface area contributed by atoms with Gasteiger partial charge in [-0.15, -0.1) is 0 Å². The number of hydrogen-bond acceptors (Lipinski definition) is 2. The monoisotopic (exact) mass is 289 g/mol. The molecule has 0 radical (unpaired) electrons. The van der Waals surface area contributed by atoms with Crippen LogP contribution in [0.4, 0.5) is 0 Å². The lowest BCUT2D eigenvalue weighted by molar-refractivity contribution is -0.138. The number of rotatable bonds is 5. The summed E-state index contributed by atoms with van der Waals surface area (Å²) >= 11 is 0. The Hall–Kier alpha value is -1.84. The second-order valence-corrected chi connectivity index (χ2v) is 6.92. The van der Waals surface area contributed by atoms with Gasteiger partial charge in [-0.05, 0) is 16.4 Å². The van der Waals surface area contributed by atoms with Gasteiger partial charge in [0, 0.05) is 12.5 Å². The zero-order chi connectivity index (χ0) is 15.8. The molecule has 4 nitrogen and oxygen atoms in total. The van der Waals surface area contributed by atoms with E-state index in [0.717, 1.165) is 0 Å². The molecule has 4 heteroatoms. The molecule has 0 spiro atoms. The number of amides is 1. The SMILES string of the molecule is CC1(C)C(C(=O)NCC(C(=O)O)c2ccccc2)C1(C)C. The van der Waals surface area contributed by atoms with Crippen LogP contribution in [0.25, 0.3) is 0 Å². The molecule has 0 aliphatic heterocycles. The lowest BCUT2D eigenvalue weighted by Gasteiger charge is -2.14. The fourth-order valence-electron chi connectivity index (χ4n) is 3.19. The quantitative estimate of drug-likeness (QED) is 0.875. The third-order valence-electron chi connectivity index (χ3n) is 5.26. The van der Waals surface area contributed by atoms with E-state index in [1.165, 1.54) is 0 Å². The molecule has 1 saturated carbocycles. The molecule has 1 atom stereocenters. The van der Waals surface area contributed by atoms with Crippen LogP contribution in [0.2, 0.25) is 0 Å². The zero-order valence-corrected chi connectivity index (χ0v) is 13.0. The zero-order valence-electron chi connectivity index (χ0n) is 13.0. The molecule has 1 amide bonds. The van der Waals surface area contributed by atoms with Gasteiger partial charge in [0.1, 0.15) is 0 Å². The van der Waals surface area contributed by atoms with Crippen molar-refractivity contribution in [3.8, 4) is 0 Å². The highest BCUT2D eigenvalue weighted by Crippen LogP contribution is 2.68. The first-order chi connectivity index (χ1) is 9.69. The molecule has 1 aliphatic rings. The maximum absolute atomic E-state index is 12.3. The number of aliphatic carboxylic acids is 1. The van der Waals surface area contributed by atoms with Crippen molar-refractivity contribution < 1.29 is 14.7 Å². The van der Waals surface area contributed by atoms with Gasteiger partial charge in [-0.2, -0.15) is 0 Å². The fourth-order valence-corrected chi connectivity index (χ4v) is 3.19. The van der Waals surface area contributed by atoms with Gasteiger partial charge in [0.15, 0.2) is 0 Å². The van der Waals surface area contributed by atoms with Crippen molar-refractivity contribution >= 4 is 11.9 Å². The topological polar surface area (TPSA) is 66.4 Å². The van der Waals surface area contributed by atoms with Gasteiger partial charge in [-0.25, -0.2) is 0 Å². The summed E-state index contributed by atoms with van der Waals surface area (Å²) in [6, 6.07) is 9.00. The predicted molar refractivity (Wildman–Crippen MR) is 80.9 cm³/mol. The third kappa shape index (κ3) is 2.67. The van der Waals surface area contributed by atoms with E-state index in [9.17, 15) is 14.7 Å². The lowest BCUT2D eigenvalue weighted by Crippen LogP contribution is -2.34. The molecular weight excluding hydrogens is 266 g/mol. The average molecular weight is 289 g/mol. The highest BCUT2D eigenvalue weighted by molar-refractivity contribution is 5.85. The van der Waals surface area contributed by atoms with Crippen LogP contribution in [-0.2, 0) is 9.59 Å². The van der Waals surface area contributed by atoms with E-state index >= 15 is 0 Å². The van der Waals surface area contributed by atoms with E-state index in [2.05, 4.69) is 33.0 Å². The number of nitrogens with one attached hydrogen (secondary N) is 1. The minimum Gasteiger partial charge on any atom is -0.481 e. The van der Waals surface area contributed by atoms with E-state index in [-0.39, 0.29) is 29.2 Å². The molecule has 0 saturated heterocycles. The Kier molecular flexibility index (Phi) is 3.83. The summed E-state index contributed by atoms with van der Waals surface area (Å²) in [6.07, 6.45) is 0. The summed E-state index contributed by atoms with van der Waals surface area (Å²) in [6.45, 7) is 8.42. The maximum atomic E-state index is 12.3. The van der Waals surface area contributed by atoms with Crippen LogP contribution in [0.15, 0.2) is 30.3 Å². The van der Waals surface area contributed by atoms with Crippen molar-refractivity contribution in [1.82, 2.24) is 5.32 Å². The molecule has 2 rings (SSSR count). The second kappa shape index (κ2) is 5.17. The Labute approximate surface area is 125 Å². The van der Waals surface area contributed by atoms with Crippen LogP contribution in [-0.4, -0.2) is 23.5 Å². The predicted octanol–water partition coefficient (Wildman–Crippen LogP) is 2.65. The van der Waals surface area contributed by atoms with Gasteiger partial charge >= 0.3 is 5.97 Å². The van der Waals surface area contributed by atoms with Crippen molar-refractivity contribution in [2.75, 3.05) is 6.54 Å². The van der Waals surface area contributed by atoms with E-state index in [4.69, 9.17) is 0 Å². The maximum Gasteiger partial charge on any atom is 0.312 e. The first-order valence-corrected chi connectivity index (χ1v) is 7.25. The van der Waals surface area contributed by atoms with Gasteiger partial charge in [0.25, 0.3) is 0 Å².